The minimum Gasteiger partial charge on any atom is -0.469 e. The minimum absolute atomic E-state index is 0.0640. The van der Waals surface area contributed by atoms with Gasteiger partial charge in [-0.2, -0.15) is 0 Å². The second-order valence-corrected chi connectivity index (χ2v) is 4.33. The van der Waals surface area contributed by atoms with Crippen molar-refractivity contribution in [3.8, 4) is 5.75 Å². The van der Waals surface area contributed by atoms with E-state index in [0.717, 1.165) is 0 Å². The standard InChI is InChI=1S/C14H19NO6/c1-5-10(16)21-13-8(2)15-12(14(18)20-4)9(13)6-7-11(17)19-3/h15H,5-7H2,1-4H3. The Bertz CT molecular complexity index is 546. The number of rotatable bonds is 6. The molecule has 0 spiro atoms. The van der Waals surface area contributed by atoms with E-state index in [-0.39, 0.29) is 30.7 Å². The summed E-state index contributed by atoms with van der Waals surface area (Å²) in [5.74, 6) is -1.16. The first kappa shape index (κ1) is 16.7. The van der Waals surface area contributed by atoms with Crippen molar-refractivity contribution >= 4 is 17.9 Å². The van der Waals surface area contributed by atoms with Gasteiger partial charge in [0.05, 0.1) is 19.9 Å². The molecular formula is C14H19NO6. The average molecular weight is 297 g/mol. The van der Waals surface area contributed by atoms with Gasteiger partial charge in [0.1, 0.15) is 5.69 Å². The van der Waals surface area contributed by atoms with Gasteiger partial charge in [-0.15, -0.1) is 0 Å². The lowest BCUT2D eigenvalue weighted by Gasteiger charge is -2.07. The van der Waals surface area contributed by atoms with E-state index in [0.29, 0.717) is 11.3 Å². The molecule has 0 aliphatic carbocycles. The molecule has 0 fully saturated rings. The summed E-state index contributed by atoms with van der Waals surface area (Å²) >= 11 is 0. The zero-order chi connectivity index (χ0) is 16.0. The highest BCUT2D eigenvalue weighted by Gasteiger charge is 2.24. The maximum absolute atomic E-state index is 11.8. The number of aromatic amines is 1. The summed E-state index contributed by atoms with van der Waals surface area (Å²) < 4.78 is 14.5. The lowest BCUT2D eigenvalue weighted by atomic mass is 10.1. The first-order valence-corrected chi connectivity index (χ1v) is 6.51. The maximum atomic E-state index is 11.8. The molecule has 0 aliphatic rings. The van der Waals surface area contributed by atoms with E-state index < -0.39 is 17.9 Å². The Balaban J connectivity index is 3.15. The number of nitrogens with one attached hydrogen (secondary N) is 1. The van der Waals surface area contributed by atoms with Gasteiger partial charge in [-0.3, -0.25) is 9.59 Å². The number of hydrogen-bond acceptors (Lipinski definition) is 6. The van der Waals surface area contributed by atoms with E-state index in [1.165, 1.54) is 14.2 Å². The monoisotopic (exact) mass is 297 g/mol. The topological polar surface area (TPSA) is 94.7 Å². The van der Waals surface area contributed by atoms with Gasteiger partial charge >= 0.3 is 17.9 Å². The van der Waals surface area contributed by atoms with Crippen LogP contribution in [0.1, 0.15) is 41.5 Å². The average Bonchev–Trinajstić information content (AvgIpc) is 2.80. The second kappa shape index (κ2) is 7.47. The van der Waals surface area contributed by atoms with Gasteiger partial charge in [0, 0.05) is 18.4 Å². The lowest BCUT2D eigenvalue weighted by Crippen LogP contribution is -2.11. The van der Waals surface area contributed by atoms with E-state index in [9.17, 15) is 14.4 Å². The van der Waals surface area contributed by atoms with E-state index in [1.54, 1.807) is 13.8 Å². The van der Waals surface area contributed by atoms with Crippen LogP contribution in [0, 0.1) is 6.92 Å². The number of H-pyrrole nitrogens is 1. The molecule has 0 atom stereocenters. The van der Waals surface area contributed by atoms with E-state index >= 15 is 0 Å². The number of carbonyl (C=O) groups is 3. The summed E-state index contributed by atoms with van der Waals surface area (Å²) in [5.41, 5.74) is 1.14. The van der Waals surface area contributed by atoms with Crippen molar-refractivity contribution in [2.75, 3.05) is 14.2 Å². The minimum atomic E-state index is -0.586. The van der Waals surface area contributed by atoms with Gasteiger partial charge in [0.25, 0.3) is 0 Å². The molecule has 1 aromatic rings. The van der Waals surface area contributed by atoms with Crippen molar-refractivity contribution in [2.24, 2.45) is 0 Å². The van der Waals surface area contributed by atoms with E-state index in [4.69, 9.17) is 4.74 Å². The molecule has 116 valence electrons. The molecule has 0 aliphatic heterocycles. The van der Waals surface area contributed by atoms with Crippen molar-refractivity contribution in [1.29, 1.82) is 0 Å². The van der Waals surface area contributed by atoms with E-state index in [1.807, 2.05) is 0 Å². The first-order chi connectivity index (χ1) is 9.94. The number of ether oxygens (including phenoxy) is 3. The van der Waals surface area contributed by atoms with Crippen LogP contribution in [-0.2, 0) is 25.5 Å². The molecule has 7 nitrogen and oxygen atoms in total. The Hall–Kier alpha value is -2.31. The van der Waals surface area contributed by atoms with Crippen molar-refractivity contribution in [3.05, 3.63) is 17.0 Å². The van der Waals surface area contributed by atoms with Crippen LogP contribution in [0.4, 0.5) is 0 Å². The fraction of sp³-hybridized carbons (Fsp3) is 0.500. The molecule has 1 aromatic heterocycles. The Labute approximate surface area is 122 Å². The molecule has 0 aromatic carbocycles. The summed E-state index contributed by atoms with van der Waals surface area (Å²) in [5, 5.41) is 0. The third kappa shape index (κ3) is 4.08. The van der Waals surface area contributed by atoms with Crippen LogP contribution in [0.5, 0.6) is 5.75 Å². The SMILES string of the molecule is CCC(=O)Oc1c(C)[nH]c(C(=O)OC)c1CCC(=O)OC. The molecule has 7 heteroatoms. The van der Waals surface area contributed by atoms with Crippen molar-refractivity contribution in [2.45, 2.75) is 33.1 Å². The molecule has 0 saturated carbocycles. The third-order valence-corrected chi connectivity index (χ3v) is 2.93. The highest BCUT2D eigenvalue weighted by molar-refractivity contribution is 5.91. The van der Waals surface area contributed by atoms with Crippen molar-refractivity contribution < 1.29 is 28.6 Å². The van der Waals surface area contributed by atoms with Crippen molar-refractivity contribution in [1.82, 2.24) is 4.98 Å². The van der Waals surface area contributed by atoms with Gasteiger partial charge < -0.3 is 19.2 Å². The molecule has 0 saturated heterocycles. The number of aromatic nitrogens is 1. The highest BCUT2D eigenvalue weighted by atomic mass is 16.5. The zero-order valence-electron chi connectivity index (χ0n) is 12.6. The van der Waals surface area contributed by atoms with Crippen LogP contribution in [0.25, 0.3) is 0 Å². The number of methoxy groups -OCH3 is 2. The molecule has 1 rings (SSSR count). The quantitative estimate of drug-likeness (QED) is 0.800. The van der Waals surface area contributed by atoms with Crippen LogP contribution < -0.4 is 4.74 Å². The van der Waals surface area contributed by atoms with Gasteiger partial charge in [-0.1, -0.05) is 6.92 Å². The van der Waals surface area contributed by atoms with Crippen LogP contribution in [-0.4, -0.2) is 37.1 Å². The van der Waals surface area contributed by atoms with Gasteiger partial charge in [0.15, 0.2) is 5.75 Å². The summed E-state index contributed by atoms with van der Waals surface area (Å²) in [4.78, 5) is 37.4. The molecule has 0 unspecified atom stereocenters. The smallest absolute Gasteiger partial charge is 0.354 e. The number of aryl methyl sites for hydroxylation is 1. The third-order valence-electron chi connectivity index (χ3n) is 2.93. The van der Waals surface area contributed by atoms with Crippen LogP contribution in [0.3, 0.4) is 0 Å². The molecular weight excluding hydrogens is 278 g/mol. The summed E-state index contributed by atoms with van der Waals surface area (Å²) in [6, 6.07) is 0. The molecule has 0 bridgehead atoms. The van der Waals surface area contributed by atoms with Crippen LogP contribution in [0.2, 0.25) is 0 Å². The molecule has 1 N–H and O–H groups in total. The largest absolute Gasteiger partial charge is 0.469 e. The van der Waals surface area contributed by atoms with Gasteiger partial charge in [-0.25, -0.2) is 4.79 Å². The van der Waals surface area contributed by atoms with Crippen molar-refractivity contribution in [3.63, 3.8) is 0 Å². The van der Waals surface area contributed by atoms with Gasteiger partial charge in [-0.05, 0) is 13.3 Å². The Morgan fingerprint density at radius 1 is 1.10 bits per heavy atom. The Morgan fingerprint density at radius 2 is 1.76 bits per heavy atom. The maximum Gasteiger partial charge on any atom is 0.354 e. The fourth-order valence-corrected chi connectivity index (χ4v) is 1.83. The molecule has 21 heavy (non-hydrogen) atoms. The highest BCUT2D eigenvalue weighted by Crippen LogP contribution is 2.29. The lowest BCUT2D eigenvalue weighted by molar-refractivity contribution is -0.140. The molecule has 1 heterocycles. The second-order valence-electron chi connectivity index (χ2n) is 4.33. The Morgan fingerprint density at radius 3 is 2.29 bits per heavy atom. The summed E-state index contributed by atoms with van der Waals surface area (Å²) in [7, 11) is 2.53. The fourth-order valence-electron chi connectivity index (χ4n) is 1.83. The molecule has 0 radical (unpaired) electrons. The van der Waals surface area contributed by atoms with Gasteiger partial charge in [0.2, 0.25) is 0 Å². The van der Waals surface area contributed by atoms with Crippen LogP contribution >= 0.6 is 0 Å². The van der Waals surface area contributed by atoms with Crippen LogP contribution in [0.15, 0.2) is 0 Å². The van der Waals surface area contributed by atoms with E-state index in [2.05, 4.69) is 14.5 Å². The normalized spacial score (nSPS) is 10.1. The predicted octanol–water partition coefficient (Wildman–Crippen LogP) is 1.53. The zero-order valence-corrected chi connectivity index (χ0v) is 12.6. The number of esters is 3. The first-order valence-electron chi connectivity index (χ1n) is 6.51. The number of carbonyl (C=O) groups excluding carboxylic acids is 3. The Kier molecular flexibility index (Phi) is 5.95. The molecule has 0 amide bonds. The summed E-state index contributed by atoms with van der Waals surface area (Å²) in [6.45, 7) is 3.34. The number of hydrogen-bond donors (Lipinski definition) is 1. The summed E-state index contributed by atoms with van der Waals surface area (Å²) in [6.07, 6.45) is 0.469. The predicted molar refractivity (Wildman–Crippen MR) is 73.1 cm³/mol.